The summed E-state index contributed by atoms with van der Waals surface area (Å²) in [5.41, 5.74) is -0.209. The fraction of sp³-hybridized carbons (Fsp3) is 0.154. The van der Waals surface area contributed by atoms with Crippen molar-refractivity contribution < 1.29 is 23.9 Å². The molecular formula is C39H38N5O6P. The first-order valence-corrected chi connectivity index (χ1v) is 18.1. The Morgan fingerprint density at radius 3 is 2.00 bits per heavy atom. The largest absolute Gasteiger partial charge is 0.491 e. The summed E-state index contributed by atoms with van der Waals surface area (Å²) in [4.78, 5) is 41.1. The predicted molar refractivity (Wildman–Crippen MR) is 202 cm³/mol. The van der Waals surface area contributed by atoms with Crippen molar-refractivity contribution in [2.24, 2.45) is 0 Å². The molecular weight excluding hydrogens is 665 g/mol. The Kier molecular flexibility index (Phi) is 12.5. The van der Waals surface area contributed by atoms with E-state index < -0.39 is 23.6 Å². The van der Waals surface area contributed by atoms with Gasteiger partial charge in [0.15, 0.2) is 5.69 Å². The van der Waals surface area contributed by atoms with Gasteiger partial charge in [-0.1, -0.05) is 110 Å². The average Bonchev–Trinajstić information content (AvgIpc) is 3.16. The fourth-order valence-electron chi connectivity index (χ4n) is 5.44. The second-order valence-electron chi connectivity index (χ2n) is 10.9. The van der Waals surface area contributed by atoms with Crippen LogP contribution < -0.4 is 30.3 Å². The highest BCUT2D eigenvalue weighted by molar-refractivity contribution is 7.94. The molecule has 0 radical (unpaired) electrons. The lowest BCUT2D eigenvalue weighted by Gasteiger charge is -2.29. The zero-order chi connectivity index (χ0) is 36.1. The lowest BCUT2D eigenvalue weighted by atomic mass is 10.2. The quantitative estimate of drug-likeness (QED) is 0.0367. The number of amides is 1. The van der Waals surface area contributed by atoms with Crippen LogP contribution in [0.3, 0.4) is 0 Å². The van der Waals surface area contributed by atoms with E-state index >= 15 is 0 Å². The summed E-state index contributed by atoms with van der Waals surface area (Å²) in [5, 5.41) is 16.1. The van der Waals surface area contributed by atoms with Gasteiger partial charge < -0.3 is 14.2 Å². The average molecular weight is 704 g/mol. The summed E-state index contributed by atoms with van der Waals surface area (Å²) in [6, 6.07) is 32.6. The van der Waals surface area contributed by atoms with Crippen molar-refractivity contribution in [3.63, 3.8) is 0 Å². The van der Waals surface area contributed by atoms with E-state index in [1.807, 2.05) is 96.8 Å². The van der Waals surface area contributed by atoms with Crippen LogP contribution in [0.15, 0.2) is 135 Å². The molecule has 3 aromatic carbocycles. The van der Waals surface area contributed by atoms with E-state index in [2.05, 4.69) is 28.1 Å². The molecule has 0 aliphatic carbocycles. The number of pyridine rings is 1. The van der Waals surface area contributed by atoms with E-state index in [1.54, 1.807) is 31.3 Å². The first kappa shape index (κ1) is 36.2. The topological polar surface area (TPSA) is 130 Å². The number of ether oxygens (including phenoxy) is 3. The van der Waals surface area contributed by atoms with Crippen LogP contribution in [0.2, 0.25) is 0 Å². The van der Waals surface area contributed by atoms with Gasteiger partial charge in [-0.25, -0.2) is 9.69 Å². The molecule has 0 aliphatic rings. The van der Waals surface area contributed by atoms with Crippen molar-refractivity contribution in [3.8, 4) is 11.8 Å². The van der Waals surface area contributed by atoms with E-state index in [0.29, 0.717) is 24.5 Å². The van der Waals surface area contributed by atoms with Crippen LogP contribution >= 0.6 is 6.89 Å². The molecule has 1 amide bonds. The van der Waals surface area contributed by atoms with Gasteiger partial charge in [-0.2, -0.15) is 9.97 Å². The van der Waals surface area contributed by atoms with Gasteiger partial charge in [0.05, 0.1) is 24.7 Å². The predicted octanol–water partition coefficient (Wildman–Crippen LogP) is 6.61. The van der Waals surface area contributed by atoms with Crippen molar-refractivity contribution in [3.05, 3.63) is 156 Å². The molecule has 0 unspecified atom stereocenters. The number of nitro groups is 1. The summed E-state index contributed by atoms with van der Waals surface area (Å²) in [7, 11) is 0. The number of carbonyl (C=O) groups is 1. The van der Waals surface area contributed by atoms with Crippen LogP contribution in [0, 0.1) is 10.1 Å². The number of hydrogen-bond donors (Lipinski definition) is 0. The van der Waals surface area contributed by atoms with Gasteiger partial charge in [-0.05, 0) is 54.1 Å². The zero-order valence-electron chi connectivity index (χ0n) is 28.2. The Balaban J connectivity index is 1.86. The number of carbonyl (C=O) groups excluding carboxylic acids is 1. The summed E-state index contributed by atoms with van der Waals surface area (Å²) in [6.07, 6.45) is 4.47. The first-order valence-electron chi connectivity index (χ1n) is 16.3. The monoisotopic (exact) mass is 703 g/mol. The summed E-state index contributed by atoms with van der Waals surface area (Å²) in [5.74, 6) is 1.90. The number of aromatic nitrogens is 3. The molecule has 2 heterocycles. The molecule has 260 valence electrons. The lowest BCUT2D eigenvalue weighted by Crippen LogP contribution is -2.34. The zero-order valence-corrected chi connectivity index (χ0v) is 29.1. The summed E-state index contributed by atoms with van der Waals surface area (Å²) in [6.45, 7) is 6.33. The van der Waals surface area contributed by atoms with E-state index in [9.17, 15) is 14.9 Å². The van der Waals surface area contributed by atoms with Gasteiger partial charge in [-0.15, -0.1) is 6.58 Å². The minimum Gasteiger partial charge on any atom is -0.491 e. The molecule has 5 aromatic rings. The maximum absolute atomic E-state index is 13.8. The molecule has 0 saturated carbocycles. The lowest BCUT2D eigenvalue weighted by molar-refractivity contribution is -0.384. The Morgan fingerprint density at radius 1 is 0.863 bits per heavy atom. The summed E-state index contributed by atoms with van der Waals surface area (Å²) >= 11 is 0. The molecule has 2 aromatic heterocycles. The van der Waals surface area contributed by atoms with Gasteiger partial charge in [0, 0.05) is 6.20 Å². The third kappa shape index (κ3) is 8.40. The van der Waals surface area contributed by atoms with E-state index in [-0.39, 0.29) is 37.3 Å². The van der Waals surface area contributed by atoms with Crippen LogP contribution in [-0.2, 0) is 11.3 Å². The number of benzene rings is 3. The number of anilines is 1. The minimum absolute atomic E-state index is 0.00257. The number of rotatable bonds is 16. The van der Waals surface area contributed by atoms with Gasteiger partial charge in [0.2, 0.25) is 5.82 Å². The van der Waals surface area contributed by atoms with Gasteiger partial charge >= 0.3 is 17.8 Å². The fourth-order valence-corrected chi connectivity index (χ4v) is 9.25. The second kappa shape index (κ2) is 17.6. The third-order valence-corrected chi connectivity index (χ3v) is 11.6. The number of hydrogen-bond acceptors (Lipinski definition) is 9. The molecule has 51 heavy (non-hydrogen) atoms. The summed E-state index contributed by atoms with van der Waals surface area (Å²) < 4.78 is 17.2. The van der Waals surface area contributed by atoms with Crippen molar-refractivity contribution >= 4 is 46.2 Å². The van der Waals surface area contributed by atoms with Gasteiger partial charge in [0.25, 0.3) is 0 Å². The highest BCUT2D eigenvalue weighted by Crippen LogP contribution is 2.46. The van der Waals surface area contributed by atoms with Crippen LogP contribution in [0.4, 0.5) is 16.3 Å². The molecule has 0 N–H and O–H groups in total. The Labute approximate surface area is 297 Å². The standard InChI is InChI=1S/C39H38N5O6P/c1-4-7-27-49-35-24-17-25-40-33(35)28-43(39(45)48-6-3)37-36(44(46)47)34(41-38(42-37)50-26-5-2)29-51(30-18-11-8-12-19-30,31-20-13-9-14-21-31)32-22-15-10-16-23-32/h4-5,8-25,29H,1-2,6-7,26-28H2,3H3. The van der Waals surface area contributed by atoms with E-state index in [0.717, 1.165) is 20.8 Å². The van der Waals surface area contributed by atoms with Crippen LogP contribution in [0.1, 0.15) is 24.7 Å². The van der Waals surface area contributed by atoms with Crippen LogP contribution in [0.25, 0.3) is 0 Å². The highest BCUT2D eigenvalue weighted by atomic mass is 31.2. The van der Waals surface area contributed by atoms with Crippen molar-refractivity contribution in [1.29, 1.82) is 0 Å². The SMILES string of the molecule is C=CCCOc1cccnc1CN(C(=O)OCC)c1nc(OCC=C)nc(C=P(c2ccccc2)(c2ccccc2)c2ccccc2)c1[N+](=O)[O-]. The van der Waals surface area contributed by atoms with Crippen molar-refractivity contribution in [2.75, 3.05) is 24.7 Å². The molecule has 12 heteroatoms. The van der Waals surface area contributed by atoms with E-state index in [4.69, 9.17) is 14.2 Å². The third-order valence-electron chi connectivity index (χ3n) is 7.67. The van der Waals surface area contributed by atoms with E-state index in [1.165, 1.54) is 6.08 Å². The highest BCUT2D eigenvalue weighted by Gasteiger charge is 2.35. The Hall–Kier alpha value is -6.06. The van der Waals surface area contributed by atoms with Crippen molar-refractivity contribution in [2.45, 2.75) is 19.9 Å². The molecule has 0 fully saturated rings. The number of nitrogens with zero attached hydrogens (tertiary/aromatic N) is 5. The maximum atomic E-state index is 13.8. The first-order chi connectivity index (χ1) is 24.9. The normalized spacial score (nSPS) is 10.8. The molecule has 5 rings (SSSR count). The van der Waals surface area contributed by atoms with Gasteiger partial charge in [-0.3, -0.25) is 15.1 Å². The molecule has 0 aliphatic heterocycles. The van der Waals surface area contributed by atoms with Crippen molar-refractivity contribution in [1.82, 2.24) is 15.0 Å². The Morgan fingerprint density at radius 2 is 1.47 bits per heavy atom. The van der Waals surface area contributed by atoms with Crippen LogP contribution in [-0.4, -0.2) is 51.6 Å². The molecule has 0 bridgehead atoms. The smallest absolute Gasteiger partial charge is 0.416 e. The Bertz CT molecular complexity index is 1920. The molecule has 0 spiro atoms. The maximum Gasteiger partial charge on any atom is 0.416 e. The molecule has 11 nitrogen and oxygen atoms in total. The van der Waals surface area contributed by atoms with Gasteiger partial charge in [0.1, 0.15) is 18.1 Å². The van der Waals surface area contributed by atoms with Crippen LogP contribution in [0.5, 0.6) is 11.8 Å². The molecule has 0 saturated heterocycles. The minimum atomic E-state index is -2.83. The second-order valence-corrected chi connectivity index (χ2v) is 14.2. The molecule has 0 atom stereocenters.